The Morgan fingerprint density at radius 2 is 1.24 bits per heavy atom. The molecule has 3 aliphatic carbocycles. The third kappa shape index (κ3) is 21.6. The Hall–Kier alpha value is -7.22. The lowest BCUT2D eigenvalue weighted by molar-refractivity contribution is -0.219. The van der Waals surface area contributed by atoms with E-state index in [2.05, 4.69) is 16.0 Å². The maximum absolute atomic E-state index is 15.7. The molecule has 12 amide bonds. The second-order valence-electron chi connectivity index (χ2n) is 31.9. The molecule has 25 nitrogen and oxygen atoms in total. The van der Waals surface area contributed by atoms with E-state index < -0.39 is 236 Å². The molecule has 2 bridgehead atoms. The van der Waals surface area contributed by atoms with Gasteiger partial charge in [0.25, 0.3) is 0 Å². The minimum absolute atomic E-state index is 0.00358. The zero-order valence-electron chi connectivity index (χ0n) is 64.9. The van der Waals surface area contributed by atoms with Crippen LogP contribution in [0.25, 0.3) is 0 Å². The summed E-state index contributed by atoms with van der Waals surface area (Å²) in [5.74, 6) is -17.2. The lowest BCUT2D eigenvalue weighted by atomic mass is 9.58. The number of nitrogens with one attached hydrogen (secondary N) is 3. The zero-order valence-corrected chi connectivity index (χ0v) is 64.9. The van der Waals surface area contributed by atoms with Crippen molar-refractivity contribution in [2.45, 2.75) is 249 Å². The molecule has 33 heteroatoms. The van der Waals surface area contributed by atoms with Crippen molar-refractivity contribution in [1.29, 1.82) is 0 Å². The van der Waals surface area contributed by atoms with Crippen LogP contribution in [0.15, 0.2) is 12.2 Å². The van der Waals surface area contributed by atoms with Crippen molar-refractivity contribution in [2.24, 2.45) is 40.9 Å². The molecule has 2 unspecified atom stereocenters. The summed E-state index contributed by atoms with van der Waals surface area (Å²) in [6.07, 6.45) is -13.8. The quantitative estimate of drug-likeness (QED) is 0.137. The van der Waals surface area contributed by atoms with E-state index in [1.807, 2.05) is 13.8 Å². The fraction of sp³-hybridized carbons (Fsp3) is 0.811. The van der Waals surface area contributed by atoms with Crippen molar-refractivity contribution < 1.29 is 97.4 Å². The van der Waals surface area contributed by atoms with Gasteiger partial charge in [-0.2, -0.15) is 26.3 Å². The minimum Gasteiger partial charge on any atom is -0.382 e. The molecule has 3 heterocycles. The van der Waals surface area contributed by atoms with Crippen LogP contribution in [0.1, 0.15) is 170 Å². The number of halogens is 8. The lowest BCUT2D eigenvalue weighted by Gasteiger charge is -2.54. The Labute approximate surface area is 624 Å². The minimum atomic E-state index is -5.21. The molecule has 3 aliphatic heterocycles. The predicted octanol–water partition coefficient (Wildman–Crippen LogP) is 6.21. The molecule has 107 heavy (non-hydrogen) atoms. The molecular formula is C74H116F8N12O13. The molecule has 6 aliphatic rings. The Bertz CT molecular complexity index is 3180. The maximum Gasteiger partial charge on any atom is 0.397 e. The number of methoxy groups -OCH3 is 1. The summed E-state index contributed by atoms with van der Waals surface area (Å²) in [6.45, 7) is 8.47. The van der Waals surface area contributed by atoms with Crippen molar-refractivity contribution in [3.63, 3.8) is 0 Å². The largest absolute Gasteiger partial charge is 0.397 e. The summed E-state index contributed by atoms with van der Waals surface area (Å²) in [6, 6.07) is -11.6. The molecule has 3 saturated carbocycles. The van der Waals surface area contributed by atoms with E-state index in [4.69, 9.17) is 4.74 Å². The Morgan fingerprint density at radius 3 is 1.79 bits per heavy atom. The van der Waals surface area contributed by atoms with Gasteiger partial charge >= 0.3 is 12.4 Å². The van der Waals surface area contributed by atoms with Crippen molar-refractivity contribution in [1.82, 2.24) is 60.0 Å². The van der Waals surface area contributed by atoms with Gasteiger partial charge in [-0.3, -0.25) is 57.5 Å². The van der Waals surface area contributed by atoms with Gasteiger partial charge in [-0.15, -0.1) is 0 Å². The van der Waals surface area contributed by atoms with E-state index in [-0.39, 0.29) is 83.7 Å². The van der Waals surface area contributed by atoms with Crippen LogP contribution in [-0.2, 0) is 62.3 Å². The van der Waals surface area contributed by atoms with Gasteiger partial charge in [0.1, 0.15) is 72.1 Å². The van der Waals surface area contributed by atoms with Crippen LogP contribution in [0, 0.1) is 40.9 Å². The van der Waals surface area contributed by atoms with Crippen LogP contribution in [-0.4, -0.2) is 290 Å². The number of fused-ring (bicyclic) bond motifs is 3. The van der Waals surface area contributed by atoms with Crippen LogP contribution >= 0.6 is 0 Å². The van der Waals surface area contributed by atoms with Gasteiger partial charge < -0.3 is 64.8 Å². The van der Waals surface area contributed by atoms with Crippen LogP contribution in [0.5, 0.6) is 0 Å². The molecular weight excluding hydrogens is 1420 g/mol. The summed E-state index contributed by atoms with van der Waals surface area (Å²) < 4.78 is 121. The standard InChI is InChI=1S/C74H116F8N12O13/c1-16-43(4)60-68(104)88(10)39-58(97)89(11)52-25-20-19-22-32-94(67(52)103)54(36-44-26-29-47(30-27-44)73(77,78)79)66(102)87(9)38-56(95)83-50(31-28-45-34-48(75)59(49(76)35-45)74(80,81)82)64(100)93-33-23-21-24-51(93)63(99)85-72(41-71(5,6)42-72)70(106)92(14)61(46(17-2)18-3)69(105)91(13)53(65(101)86(7)8)37-57(96)90(12)55(40-107-15)62(98)84-60/h19-20,43-55,59-61H,16-18,21-42H2,1-15H3,(H,83,95)(H,84,98)(H,85,99)/b20-19-/t43-,44?,45?,47?,48?,49?,50-,51-,52-,53-,54-,55-,59?,60-,61-/m0/s1. The van der Waals surface area contributed by atoms with E-state index in [0.29, 0.717) is 32.1 Å². The van der Waals surface area contributed by atoms with Crippen molar-refractivity contribution in [3.05, 3.63) is 12.2 Å². The van der Waals surface area contributed by atoms with Crippen molar-refractivity contribution in [2.75, 3.05) is 96.3 Å². The summed E-state index contributed by atoms with van der Waals surface area (Å²) in [5.41, 5.74) is -2.34. The highest BCUT2D eigenvalue weighted by molar-refractivity contribution is 6.01. The number of hydrogen-bond donors (Lipinski definition) is 3. The van der Waals surface area contributed by atoms with E-state index >= 15 is 37.5 Å². The van der Waals surface area contributed by atoms with E-state index in [9.17, 15) is 55.1 Å². The number of rotatable bonds is 13. The highest BCUT2D eigenvalue weighted by atomic mass is 19.4. The van der Waals surface area contributed by atoms with E-state index in [1.165, 1.54) is 83.1 Å². The van der Waals surface area contributed by atoms with Crippen LogP contribution in [0.3, 0.4) is 0 Å². The number of nitrogens with zero attached hydrogens (tertiary/aromatic N) is 9. The van der Waals surface area contributed by atoms with Crippen LogP contribution in [0.4, 0.5) is 35.1 Å². The third-order valence-corrected chi connectivity index (χ3v) is 23.4. The Morgan fingerprint density at radius 1 is 0.636 bits per heavy atom. The fourth-order valence-corrected chi connectivity index (χ4v) is 16.9. The number of amides is 12. The molecule has 6 rings (SSSR count). The first-order chi connectivity index (χ1) is 49.9. The summed E-state index contributed by atoms with van der Waals surface area (Å²) in [4.78, 5) is 190. The second kappa shape index (κ2) is 37.5. The molecule has 0 aromatic carbocycles. The first kappa shape index (κ1) is 88.7. The average Bonchev–Trinajstić information content (AvgIpc) is 0.732. The number of ether oxygens (including phenoxy) is 1. The summed E-state index contributed by atoms with van der Waals surface area (Å²) >= 11 is 0. The first-order valence-corrected chi connectivity index (χ1v) is 37.7. The zero-order chi connectivity index (χ0) is 80.3. The first-order valence-electron chi connectivity index (χ1n) is 37.7. The number of carbonyl (C=O) groups is 12. The van der Waals surface area contributed by atoms with Crippen LogP contribution < -0.4 is 16.0 Å². The number of hydrogen-bond acceptors (Lipinski definition) is 13. The molecule has 606 valence electrons. The number of likely N-dealkylation sites (N-methyl/N-ethyl adjacent to an activating group) is 7. The molecule has 5 fully saturated rings. The number of alkyl halides is 8. The summed E-state index contributed by atoms with van der Waals surface area (Å²) in [5, 5.41) is 8.37. The predicted molar refractivity (Wildman–Crippen MR) is 379 cm³/mol. The molecule has 11 atom stereocenters. The molecule has 0 aromatic rings. The van der Waals surface area contributed by atoms with Gasteiger partial charge in [-0.1, -0.05) is 73.0 Å². The number of carbonyl (C=O) groups excluding carboxylic acids is 12. The van der Waals surface area contributed by atoms with Gasteiger partial charge in [0, 0.05) is 76.6 Å². The fourth-order valence-electron chi connectivity index (χ4n) is 16.9. The topological polar surface area (TPSA) is 279 Å². The maximum atomic E-state index is 15.7. The van der Waals surface area contributed by atoms with Crippen molar-refractivity contribution >= 4 is 70.9 Å². The second-order valence-corrected chi connectivity index (χ2v) is 31.9. The SMILES string of the molecule is CCC(CC)[C@H]1C(=O)N(C)[C@H](C(=O)N(C)C)CC(=O)N(C)[C@@H](COC)C(=O)N[C@@H]([C@@H](C)CC)C(=O)N(C)CC(=O)N(C)[C@H]2C/C=C\CCN(C2=O)[C@@H](CC2CCC(C(F)(F)F)CC2)C(=O)N(C)CC(=O)N[C@@H](CCC2CC(F)C(C(F)(F)F)C(F)C2)C(=O)N2CCCC[C@H]2C(=O)NC2(CC(C)(C)C2)C(=O)N1C. The van der Waals surface area contributed by atoms with Gasteiger partial charge in [-0.05, 0) is 132 Å². The highest BCUT2D eigenvalue weighted by Gasteiger charge is 2.59. The normalized spacial score (nSPS) is 31.2. The van der Waals surface area contributed by atoms with E-state index in [0.717, 1.165) is 24.5 Å². The Balaban J connectivity index is 1.48. The average molecular weight is 1530 g/mol. The van der Waals surface area contributed by atoms with Gasteiger partial charge in [0.05, 0.1) is 32.0 Å². The van der Waals surface area contributed by atoms with Crippen molar-refractivity contribution in [3.8, 4) is 0 Å². The molecule has 1 spiro atoms. The smallest absolute Gasteiger partial charge is 0.382 e. The van der Waals surface area contributed by atoms with Crippen LogP contribution in [0.2, 0.25) is 0 Å². The monoisotopic (exact) mass is 1530 g/mol. The number of piperidine rings is 1. The molecule has 0 radical (unpaired) electrons. The lowest BCUT2D eigenvalue weighted by Crippen LogP contribution is -2.72. The van der Waals surface area contributed by atoms with Gasteiger partial charge in [0.2, 0.25) is 70.9 Å². The molecule has 3 N–H and O–H groups in total. The molecule has 2 saturated heterocycles. The third-order valence-electron chi connectivity index (χ3n) is 23.4. The molecule has 0 aromatic heterocycles. The van der Waals surface area contributed by atoms with E-state index in [1.54, 1.807) is 39.8 Å². The Kier molecular flexibility index (Phi) is 31.0. The van der Waals surface area contributed by atoms with Gasteiger partial charge in [0.15, 0.2) is 0 Å². The highest BCUT2D eigenvalue weighted by Crippen LogP contribution is 2.50. The van der Waals surface area contributed by atoms with Gasteiger partial charge in [-0.25, -0.2) is 8.78 Å². The summed E-state index contributed by atoms with van der Waals surface area (Å²) in [7, 11) is 11.9.